The standard InChI is InChI=1S/C11H10INS/c12-10-3-1-8(2-4-10)11(13)9-5-6-14-7-9/h1-7,11H,13H2. The van der Waals surface area contributed by atoms with E-state index in [2.05, 4.69) is 63.7 Å². The van der Waals surface area contributed by atoms with E-state index in [9.17, 15) is 0 Å². The van der Waals surface area contributed by atoms with E-state index in [1.807, 2.05) is 0 Å². The van der Waals surface area contributed by atoms with Crippen molar-refractivity contribution in [1.82, 2.24) is 0 Å². The Labute approximate surface area is 101 Å². The van der Waals surface area contributed by atoms with E-state index in [0.717, 1.165) is 0 Å². The monoisotopic (exact) mass is 315 g/mol. The van der Waals surface area contributed by atoms with Crippen LogP contribution in [-0.4, -0.2) is 0 Å². The van der Waals surface area contributed by atoms with Crippen molar-refractivity contribution in [2.45, 2.75) is 6.04 Å². The van der Waals surface area contributed by atoms with Crippen LogP contribution in [0.2, 0.25) is 0 Å². The third kappa shape index (κ3) is 2.16. The number of hydrogen-bond acceptors (Lipinski definition) is 2. The Balaban J connectivity index is 2.28. The van der Waals surface area contributed by atoms with Crippen LogP contribution in [0.25, 0.3) is 0 Å². The van der Waals surface area contributed by atoms with Gasteiger partial charge in [0.25, 0.3) is 0 Å². The summed E-state index contributed by atoms with van der Waals surface area (Å²) in [5.41, 5.74) is 8.48. The maximum Gasteiger partial charge on any atom is 0.0559 e. The molecule has 0 saturated carbocycles. The zero-order chi connectivity index (χ0) is 9.97. The molecule has 0 fully saturated rings. The topological polar surface area (TPSA) is 26.0 Å². The molecule has 0 spiro atoms. The van der Waals surface area contributed by atoms with Gasteiger partial charge >= 0.3 is 0 Å². The average Bonchev–Trinajstić information content (AvgIpc) is 2.71. The molecule has 0 aliphatic heterocycles. The molecule has 0 saturated heterocycles. The van der Waals surface area contributed by atoms with Gasteiger partial charge in [-0.2, -0.15) is 11.3 Å². The Morgan fingerprint density at radius 1 is 1.07 bits per heavy atom. The van der Waals surface area contributed by atoms with Crippen LogP contribution >= 0.6 is 33.9 Å². The van der Waals surface area contributed by atoms with Crippen molar-refractivity contribution >= 4 is 33.9 Å². The van der Waals surface area contributed by atoms with E-state index >= 15 is 0 Å². The van der Waals surface area contributed by atoms with Gasteiger partial charge in [0.15, 0.2) is 0 Å². The largest absolute Gasteiger partial charge is 0.320 e. The van der Waals surface area contributed by atoms with Crippen molar-refractivity contribution in [3.05, 3.63) is 55.8 Å². The molecule has 1 aromatic heterocycles. The second-order valence-electron chi connectivity index (χ2n) is 3.09. The summed E-state index contributed by atoms with van der Waals surface area (Å²) in [5.74, 6) is 0. The lowest BCUT2D eigenvalue weighted by molar-refractivity contribution is 0.876. The van der Waals surface area contributed by atoms with Gasteiger partial charge in [0.05, 0.1) is 6.04 Å². The number of hydrogen-bond donors (Lipinski definition) is 1. The fourth-order valence-electron chi connectivity index (χ4n) is 1.31. The van der Waals surface area contributed by atoms with E-state index in [4.69, 9.17) is 5.73 Å². The molecule has 3 heteroatoms. The van der Waals surface area contributed by atoms with Gasteiger partial charge in [-0.1, -0.05) is 12.1 Å². The predicted octanol–water partition coefficient (Wildman–Crippen LogP) is 3.40. The molecule has 1 heterocycles. The summed E-state index contributed by atoms with van der Waals surface area (Å²) < 4.78 is 1.24. The summed E-state index contributed by atoms with van der Waals surface area (Å²) in [6.07, 6.45) is 0. The molecule has 1 unspecified atom stereocenters. The number of nitrogens with two attached hydrogens (primary N) is 1. The van der Waals surface area contributed by atoms with E-state index in [0.29, 0.717) is 0 Å². The highest BCUT2D eigenvalue weighted by atomic mass is 127. The summed E-state index contributed by atoms with van der Waals surface area (Å²) >= 11 is 3.98. The molecule has 0 aliphatic rings. The molecule has 2 rings (SSSR count). The van der Waals surface area contributed by atoms with Crippen molar-refractivity contribution in [3.8, 4) is 0 Å². The minimum Gasteiger partial charge on any atom is -0.320 e. The molecular weight excluding hydrogens is 305 g/mol. The third-order valence-corrected chi connectivity index (χ3v) is 3.55. The van der Waals surface area contributed by atoms with E-state index in [1.165, 1.54) is 14.7 Å². The van der Waals surface area contributed by atoms with Crippen LogP contribution in [0.5, 0.6) is 0 Å². The Kier molecular flexibility index (Phi) is 3.20. The fourth-order valence-corrected chi connectivity index (χ4v) is 2.37. The quantitative estimate of drug-likeness (QED) is 0.845. The molecule has 0 amide bonds. The highest BCUT2D eigenvalue weighted by Crippen LogP contribution is 2.22. The van der Waals surface area contributed by atoms with Crippen LogP contribution in [0.3, 0.4) is 0 Å². The molecular formula is C11H10INS. The molecule has 0 aliphatic carbocycles. The summed E-state index contributed by atoms with van der Waals surface area (Å²) in [6.45, 7) is 0. The first-order valence-electron chi connectivity index (χ1n) is 4.30. The maximum atomic E-state index is 6.12. The van der Waals surface area contributed by atoms with Gasteiger partial charge in [-0.15, -0.1) is 0 Å². The summed E-state index contributed by atoms with van der Waals surface area (Å²) in [7, 11) is 0. The minimum absolute atomic E-state index is 0.0123. The number of thiophene rings is 1. The molecule has 0 bridgehead atoms. The minimum atomic E-state index is 0.0123. The lowest BCUT2D eigenvalue weighted by Gasteiger charge is -2.09. The highest BCUT2D eigenvalue weighted by Gasteiger charge is 2.08. The second-order valence-corrected chi connectivity index (χ2v) is 5.11. The number of halogens is 1. The van der Waals surface area contributed by atoms with Gasteiger partial charge in [-0.25, -0.2) is 0 Å². The van der Waals surface area contributed by atoms with Crippen molar-refractivity contribution in [2.24, 2.45) is 5.73 Å². The smallest absolute Gasteiger partial charge is 0.0559 e. The fraction of sp³-hybridized carbons (Fsp3) is 0.0909. The van der Waals surface area contributed by atoms with Crippen LogP contribution in [0.15, 0.2) is 41.1 Å². The first kappa shape index (κ1) is 10.1. The van der Waals surface area contributed by atoms with Gasteiger partial charge in [-0.05, 0) is 62.7 Å². The lowest BCUT2D eigenvalue weighted by Crippen LogP contribution is -2.10. The number of benzene rings is 1. The Bertz CT molecular complexity index is 394. The predicted molar refractivity (Wildman–Crippen MR) is 69.5 cm³/mol. The van der Waals surface area contributed by atoms with Crippen LogP contribution in [0, 0.1) is 3.57 Å². The lowest BCUT2D eigenvalue weighted by atomic mass is 10.0. The van der Waals surface area contributed by atoms with Crippen molar-refractivity contribution < 1.29 is 0 Å². The van der Waals surface area contributed by atoms with Gasteiger partial charge in [-0.3, -0.25) is 0 Å². The average molecular weight is 315 g/mol. The Morgan fingerprint density at radius 2 is 1.79 bits per heavy atom. The first-order valence-corrected chi connectivity index (χ1v) is 6.32. The molecule has 1 aromatic carbocycles. The summed E-state index contributed by atoms with van der Waals surface area (Å²) in [4.78, 5) is 0. The Hall–Kier alpha value is -0.390. The molecule has 1 atom stereocenters. The van der Waals surface area contributed by atoms with E-state index in [-0.39, 0.29) is 6.04 Å². The van der Waals surface area contributed by atoms with Crippen molar-refractivity contribution in [2.75, 3.05) is 0 Å². The SMILES string of the molecule is NC(c1ccc(I)cc1)c1ccsc1. The van der Waals surface area contributed by atoms with Crippen LogP contribution in [0.4, 0.5) is 0 Å². The summed E-state index contributed by atoms with van der Waals surface area (Å²) in [6, 6.07) is 10.4. The zero-order valence-corrected chi connectivity index (χ0v) is 10.5. The van der Waals surface area contributed by atoms with E-state index in [1.54, 1.807) is 11.3 Å². The van der Waals surface area contributed by atoms with Gasteiger partial charge < -0.3 is 5.73 Å². The highest BCUT2D eigenvalue weighted by molar-refractivity contribution is 14.1. The van der Waals surface area contributed by atoms with Crippen molar-refractivity contribution in [3.63, 3.8) is 0 Å². The van der Waals surface area contributed by atoms with Crippen molar-refractivity contribution in [1.29, 1.82) is 0 Å². The second kappa shape index (κ2) is 4.42. The molecule has 2 N–H and O–H groups in total. The molecule has 1 nitrogen and oxygen atoms in total. The summed E-state index contributed by atoms with van der Waals surface area (Å²) in [5, 5.41) is 4.16. The molecule has 2 aromatic rings. The van der Waals surface area contributed by atoms with Gasteiger partial charge in [0.2, 0.25) is 0 Å². The van der Waals surface area contributed by atoms with Gasteiger partial charge in [0.1, 0.15) is 0 Å². The third-order valence-electron chi connectivity index (χ3n) is 2.13. The van der Waals surface area contributed by atoms with Crippen LogP contribution < -0.4 is 5.73 Å². The van der Waals surface area contributed by atoms with Crippen LogP contribution in [0.1, 0.15) is 17.2 Å². The first-order chi connectivity index (χ1) is 6.77. The molecule has 14 heavy (non-hydrogen) atoms. The number of rotatable bonds is 2. The maximum absolute atomic E-state index is 6.12. The molecule has 0 radical (unpaired) electrons. The normalized spacial score (nSPS) is 12.7. The Morgan fingerprint density at radius 3 is 2.36 bits per heavy atom. The zero-order valence-electron chi connectivity index (χ0n) is 7.48. The molecule has 72 valence electrons. The van der Waals surface area contributed by atoms with E-state index < -0.39 is 0 Å². The van der Waals surface area contributed by atoms with Gasteiger partial charge in [0, 0.05) is 3.57 Å². The van der Waals surface area contributed by atoms with Crippen LogP contribution in [-0.2, 0) is 0 Å².